The number of rotatable bonds is 9. The number of para-hydroxylation sites is 1. The van der Waals surface area contributed by atoms with Gasteiger partial charge in [-0.1, -0.05) is 25.5 Å². The van der Waals surface area contributed by atoms with Crippen molar-refractivity contribution in [3.8, 4) is 0 Å². The van der Waals surface area contributed by atoms with Gasteiger partial charge in [-0.05, 0) is 31.4 Å². The molecule has 1 saturated carbocycles. The third kappa shape index (κ3) is 4.43. The minimum absolute atomic E-state index is 0.113. The molecule has 0 heterocycles. The summed E-state index contributed by atoms with van der Waals surface area (Å²) in [4.78, 5) is 2.44. The summed E-state index contributed by atoms with van der Waals surface area (Å²) >= 11 is 0. The molecule has 0 aromatic heterocycles. The summed E-state index contributed by atoms with van der Waals surface area (Å²) in [5.74, 6) is 0. The number of unbranched alkanes of at least 4 members (excludes halogenated alkanes) is 1. The van der Waals surface area contributed by atoms with E-state index >= 15 is 0 Å². The molecule has 2 rings (SSSR count). The Bertz CT molecular complexity index is 556. The predicted molar refractivity (Wildman–Crippen MR) is 86.0 cm³/mol. The van der Waals surface area contributed by atoms with Gasteiger partial charge < -0.3 is 10.6 Å². The first kappa shape index (κ1) is 16.3. The Balaban J connectivity index is 2.28. The van der Waals surface area contributed by atoms with Crippen LogP contribution in [-0.4, -0.2) is 34.1 Å². The molecule has 1 aliphatic rings. The van der Waals surface area contributed by atoms with Crippen LogP contribution in [-0.2, 0) is 10.0 Å². The van der Waals surface area contributed by atoms with Crippen LogP contribution in [0.4, 0.5) is 5.69 Å². The van der Waals surface area contributed by atoms with Gasteiger partial charge in [-0.25, -0.2) is 13.1 Å². The van der Waals surface area contributed by atoms with Crippen molar-refractivity contribution in [2.45, 2.75) is 43.5 Å². The molecule has 0 bridgehead atoms. The average Bonchev–Trinajstić information content (AvgIpc) is 3.27. The fraction of sp³-hybridized carbons (Fsp3) is 0.600. The normalized spacial score (nSPS) is 15.1. The molecular formula is C15H25N3O2S. The molecule has 1 fully saturated rings. The molecule has 21 heavy (non-hydrogen) atoms. The van der Waals surface area contributed by atoms with Crippen LogP contribution in [0.2, 0.25) is 0 Å². The lowest BCUT2D eigenvalue weighted by atomic mass is 10.2. The molecule has 0 radical (unpaired) electrons. The van der Waals surface area contributed by atoms with E-state index in [1.54, 1.807) is 12.1 Å². The monoisotopic (exact) mass is 311 g/mol. The number of hydrogen-bond acceptors (Lipinski definition) is 4. The van der Waals surface area contributed by atoms with Crippen molar-refractivity contribution in [2.24, 2.45) is 5.73 Å². The molecule has 0 spiro atoms. The van der Waals surface area contributed by atoms with Gasteiger partial charge in [-0.15, -0.1) is 0 Å². The standard InChI is InChI=1S/C15H25N3O2S/c1-2-3-11-18(12-10-16)14-6-4-5-7-15(14)21(19,20)17-13-8-9-13/h4-7,13,17H,2-3,8-12,16H2,1H3. The molecule has 118 valence electrons. The molecule has 1 aliphatic carbocycles. The number of anilines is 1. The van der Waals surface area contributed by atoms with Gasteiger partial charge >= 0.3 is 0 Å². The van der Waals surface area contributed by atoms with Crippen LogP contribution in [0.5, 0.6) is 0 Å². The lowest BCUT2D eigenvalue weighted by Crippen LogP contribution is -2.33. The van der Waals surface area contributed by atoms with Gasteiger partial charge in [0.2, 0.25) is 10.0 Å². The van der Waals surface area contributed by atoms with Crippen LogP contribution in [0, 0.1) is 0 Å². The number of sulfonamides is 1. The molecule has 1 aromatic rings. The third-order valence-electron chi connectivity index (χ3n) is 3.58. The van der Waals surface area contributed by atoms with Gasteiger partial charge in [0.05, 0.1) is 5.69 Å². The molecule has 0 atom stereocenters. The average molecular weight is 311 g/mol. The second kappa shape index (κ2) is 7.24. The molecule has 1 aromatic carbocycles. The maximum atomic E-state index is 12.5. The van der Waals surface area contributed by atoms with Crippen LogP contribution in [0.3, 0.4) is 0 Å². The van der Waals surface area contributed by atoms with E-state index < -0.39 is 10.0 Å². The van der Waals surface area contributed by atoms with E-state index in [4.69, 9.17) is 5.73 Å². The summed E-state index contributed by atoms with van der Waals surface area (Å²) in [6.45, 7) is 4.12. The number of benzene rings is 1. The fourth-order valence-corrected chi connectivity index (χ4v) is 3.82. The summed E-state index contributed by atoms with van der Waals surface area (Å²) < 4.78 is 27.8. The lowest BCUT2D eigenvalue weighted by molar-refractivity contribution is 0.580. The van der Waals surface area contributed by atoms with E-state index in [2.05, 4.69) is 16.5 Å². The summed E-state index contributed by atoms with van der Waals surface area (Å²) in [7, 11) is -3.45. The molecule has 0 amide bonds. The highest BCUT2D eigenvalue weighted by Gasteiger charge is 2.30. The van der Waals surface area contributed by atoms with E-state index in [-0.39, 0.29) is 6.04 Å². The van der Waals surface area contributed by atoms with Gasteiger partial charge in [-0.3, -0.25) is 0 Å². The Morgan fingerprint density at radius 2 is 2.00 bits per heavy atom. The van der Waals surface area contributed by atoms with Gasteiger partial charge in [-0.2, -0.15) is 0 Å². The number of nitrogens with zero attached hydrogens (tertiary/aromatic N) is 1. The Morgan fingerprint density at radius 1 is 1.29 bits per heavy atom. The Morgan fingerprint density at radius 3 is 2.62 bits per heavy atom. The Labute approximate surface area is 127 Å². The highest BCUT2D eigenvalue weighted by molar-refractivity contribution is 7.89. The van der Waals surface area contributed by atoms with Gasteiger partial charge in [0.1, 0.15) is 4.90 Å². The van der Waals surface area contributed by atoms with E-state index in [1.165, 1.54) is 0 Å². The number of nitrogens with two attached hydrogens (primary N) is 1. The summed E-state index contributed by atoms with van der Waals surface area (Å²) in [5, 5.41) is 0. The second-order valence-corrected chi connectivity index (χ2v) is 7.17. The van der Waals surface area contributed by atoms with Crippen LogP contribution in [0.15, 0.2) is 29.2 Å². The molecule has 0 saturated heterocycles. The fourth-order valence-electron chi connectivity index (χ4n) is 2.29. The second-order valence-electron chi connectivity index (χ2n) is 5.49. The van der Waals surface area contributed by atoms with E-state index in [1.807, 2.05) is 12.1 Å². The number of nitrogens with one attached hydrogen (secondary N) is 1. The molecular weight excluding hydrogens is 286 g/mol. The number of hydrogen-bond donors (Lipinski definition) is 2. The lowest BCUT2D eigenvalue weighted by Gasteiger charge is -2.26. The Kier molecular flexibility index (Phi) is 5.61. The zero-order valence-electron chi connectivity index (χ0n) is 12.6. The molecule has 6 heteroatoms. The molecule has 3 N–H and O–H groups in total. The van der Waals surface area contributed by atoms with Crippen LogP contribution >= 0.6 is 0 Å². The zero-order valence-corrected chi connectivity index (χ0v) is 13.4. The maximum absolute atomic E-state index is 12.5. The summed E-state index contributed by atoms with van der Waals surface area (Å²) in [6, 6.07) is 7.30. The molecule has 0 unspecified atom stereocenters. The van der Waals surface area contributed by atoms with Crippen molar-refractivity contribution in [1.82, 2.24) is 4.72 Å². The highest BCUT2D eigenvalue weighted by Crippen LogP contribution is 2.28. The smallest absolute Gasteiger partial charge is 0.242 e. The Hall–Kier alpha value is -1.11. The van der Waals surface area contributed by atoms with Gasteiger partial charge in [0.15, 0.2) is 0 Å². The first-order valence-corrected chi connectivity index (χ1v) is 9.13. The SMILES string of the molecule is CCCCN(CCN)c1ccccc1S(=O)(=O)NC1CC1. The third-order valence-corrected chi connectivity index (χ3v) is 5.14. The largest absolute Gasteiger partial charge is 0.369 e. The minimum atomic E-state index is -3.45. The first-order valence-electron chi connectivity index (χ1n) is 7.65. The minimum Gasteiger partial charge on any atom is -0.369 e. The van der Waals surface area contributed by atoms with Crippen LogP contribution < -0.4 is 15.4 Å². The van der Waals surface area contributed by atoms with Crippen molar-refractivity contribution in [3.63, 3.8) is 0 Å². The quantitative estimate of drug-likeness (QED) is 0.728. The topological polar surface area (TPSA) is 75.4 Å². The van der Waals surface area contributed by atoms with E-state index in [0.717, 1.165) is 37.9 Å². The van der Waals surface area contributed by atoms with Crippen LogP contribution in [0.1, 0.15) is 32.6 Å². The van der Waals surface area contributed by atoms with Crippen molar-refractivity contribution in [2.75, 3.05) is 24.5 Å². The van der Waals surface area contributed by atoms with Gasteiger partial charge in [0.25, 0.3) is 0 Å². The first-order chi connectivity index (χ1) is 10.1. The summed E-state index contributed by atoms with van der Waals surface area (Å²) in [6.07, 6.45) is 3.95. The van der Waals surface area contributed by atoms with E-state index in [9.17, 15) is 8.42 Å². The van der Waals surface area contributed by atoms with Gasteiger partial charge in [0, 0.05) is 25.7 Å². The predicted octanol–water partition coefficient (Wildman–Crippen LogP) is 1.69. The van der Waals surface area contributed by atoms with E-state index in [0.29, 0.717) is 18.0 Å². The highest BCUT2D eigenvalue weighted by atomic mass is 32.2. The van der Waals surface area contributed by atoms with Crippen molar-refractivity contribution < 1.29 is 8.42 Å². The zero-order chi connectivity index (χ0) is 15.3. The van der Waals surface area contributed by atoms with Crippen molar-refractivity contribution in [3.05, 3.63) is 24.3 Å². The molecule has 5 nitrogen and oxygen atoms in total. The maximum Gasteiger partial charge on any atom is 0.242 e. The molecule has 0 aliphatic heterocycles. The summed E-state index contributed by atoms with van der Waals surface area (Å²) in [5.41, 5.74) is 6.44. The van der Waals surface area contributed by atoms with Crippen molar-refractivity contribution in [1.29, 1.82) is 0 Å². The van der Waals surface area contributed by atoms with Crippen molar-refractivity contribution >= 4 is 15.7 Å². The van der Waals surface area contributed by atoms with Crippen LogP contribution in [0.25, 0.3) is 0 Å².